The molecule has 0 fully saturated rings. The van der Waals surface area contributed by atoms with Gasteiger partial charge in [0.05, 0.1) is 24.0 Å². The maximum atomic E-state index is 12.4. The zero-order valence-corrected chi connectivity index (χ0v) is 10.6. The zero-order chi connectivity index (χ0) is 14.6. The predicted molar refractivity (Wildman–Crippen MR) is 68.6 cm³/mol. The third-order valence-electron chi connectivity index (χ3n) is 2.55. The molecule has 0 saturated heterocycles. The number of nitrogens with zero attached hydrogens (tertiary/aromatic N) is 2. The van der Waals surface area contributed by atoms with Crippen LogP contribution in [0.2, 0.25) is 0 Å². The van der Waals surface area contributed by atoms with Gasteiger partial charge >= 0.3 is 6.18 Å². The fourth-order valence-electron chi connectivity index (χ4n) is 1.48. The summed E-state index contributed by atoms with van der Waals surface area (Å²) in [5.74, 6) is 0.693. The highest BCUT2D eigenvalue weighted by molar-refractivity contribution is 5.43. The van der Waals surface area contributed by atoms with Gasteiger partial charge in [0, 0.05) is 0 Å². The number of ether oxygens (including phenoxy) is 1. The van der Waals surface area contributed by atoms with Crippen molar-refractivity contribution in [2.45, 2.75) is 6.18 Å². The van der Waals surface area contributed by atoms with Crippen LogP contribution in [0.1, 0.15) is 5.56 Å². The Morgan fingerprint density at radius 2 is 1.25 bits per heavy atom. The van der Waals surface area contributed by atoms with Crippen molar-refractivity contribution >= 4 is 11.4 Å². The van der Waals surface area contributed by atoms with E-state index in [0.29, 0.717) is 17.1 Å². The van der Waals surface area contributed by atoms with Crippen LogP contribution in [0, 0.1) is 0 Å². The topological polar surface area (TPSA) is 34.0 Å². The number of methoxy groups -OCH3 is 1. The van der Waals surface area contributed by atoms with Crippen LogP contribution in [0.3, 0.4) is 0 Å². The van der Waals surface area contributed by atoms with Gasteiger partial charge in [-0.3, -0.25) is 0 Å². The van der Waals surface area contributed by atoms with Crippen molar-refractivity contribution in [3.8, 4) is 5.75 Å². The van der Waals surface area contributed by atoms with Gasteiger partial charge in [0.25, 0.3) is 0 Å². The molecule has 2 aromatic carbocycles. The highest BCUT2D eigenvalue weighted by Gasteiger charge is 2.29. The molecule has 0 N–H and O–H groups in total. The van der Waals surface area contributed by atoms with Crippen LogP contribution in [-0.4, -0.2) is 7.11 Å². The van der Waals surface area contributed by atoms with Crippen LogP contribution >= 0.6 is 0 Å². The molecule has 0 atom stereocenters. The minimum atomic E-state index is -4.34. The van der Waals surface area contributed by atoms with Crippen LogP contribution in [0.15, 0.2) is 58.8 Å². The first-order valence-electron chi connectivity index (χ1n) is 5.72. The molecule has 0 unspecified atom stereocenters. The van der Waals surface area contributed by atoms with E-state index in [1.54, 1.807) is 31.4 Å². The van der Waals surface area contributed by atoms with E-state index in [1.165, 1.54) is 12.1 Å². The van der Waals surface area contributed by atoms with E-state index in [2.05, 4.69) is 10.2 Å². The van der Waals surface area contributed by atoms with Crippen molar-refractivity contribution in [2.75, 3.05) is 7.11 Å². The molecule has 0 aliphatic heterocycles. The number of hydrogen-bond donors (Lipinski definition) is 0. The highest BCUT2D eigenvalue weighted by atomic mass is 19.4. The van der Waals surface area contributed by atoms with Gasteiger partial charge in [0.2, 0.25) is 0 Å². The molecular formula is C14H11F3N2O. The first-order chi connectivity index (χ1) is 9.49. The summed E-state index contributed by atoms with van der Waals surface area (Å²) in [7, 11) is 1.55. The molecule has 20 heavy (non-hydrogen) atoms. The number of benzene rings is 2. The second-order valence-electron chi connectivity index (χ2n) is 3.94. The van der Waals surface area contributed by atoms with Gasteiger partial charge in [0.15, 0.2) is 0 Å². The maximum Gasteiger partial charge on any atom is 0.416 e. The van der Waals surface area contributed by atoms with Crippen molar-refractivity contribution < 1.29 is 17.9 Å². The monoisotopic (exact) mass is 280 g/mol. The van der Waals surface area contributed by atoms with Crippen LogP contribution < -0.4 is 4.74 Å². The van der Waals surface area contributed by atoms with Crippen molar-refractivity contribution in [1.82, 2.24) is 0 Å². The molecular weight excluding hydrogens is 269 g/mol. The van der Waals surface area contributed by atoms with Gasteiger partial charge in [-0.15, -0.1) is 0 Å². The summed E-state index contributed by atoms with van der Waals surface area (Å²) in [6, 6.07) is 11.3. The lowest BCUT2D eigenvalue weighted by molar-refractivity contribution is -0.137. The molecule has 0 aromatic heterocycles. The lowest BCUT2D eigenvalue weighted by Gasteiger charge is -2.05. The molecule has 0 radical (unpaired) electrons. The van der Waals surface area contributed by atoms with E-state index >= 15 is 0 Å². The minimum absolute atomic E-state index is 0.355. The first-order valence-corrected chi connectivity index (χ1v) is 5.72. The summed E-state index contributed by atoms with van der Waals surface area (Å²) in [4.78, 5) is 0. The molecule has 0 amide bonds. The highest BCUT2D eigenvalue weighted by Crippen LogP contribution is 2.30. The van der Waals surface area contributed by atoms with Crippen LogP contribution in [-0.2, 0) is 6.18 Å². The number of halogens is 3. The molecule has 2 rings (SSSR count). The van der Waals surface area contributed by atoms with E-state index in [-0.39, 0.29) is 0 Å². The number of alkyl halides is 3. The minimum Gasteiger partial charge on any atom is -0.497 e. The molecule has 0 spiro atoms. The average Bonchev–Trinajstić information content (AvgIpc) is 2.45. The van der Waals surface area contributed by atoms with Crippen molar-refractivity contribution in [3.63, 3.8) is 0 Å². The van der Waals surface area contributed by atoms with E-state index in [1.807, 2.05) is 0 Å². The fourth-order valence-corrected chi connectivity index (χ4v) is 1.48. The Bertz CT molecular complexity index is 589. The Hall–Kier alpha value is -2.37. The van der Waals surface area contributed by atoms with Gasteiger partial charge in [-0.1, -0.05) is 0 Å². The van der Waals surface area contributed by atoms with E-state index < -0.39 is 11.7 Å². The van der Waals surface area contributed by atoms with E-state index in [9.17, 15) is 13.2 Å². The lowest BCUT2D eigenvalue weighted by Crippen LogP contribution is -2.03. The predicted octanol–water partition coefficient (Wildman–Crippen LogP) is 5.13. The Morgan fingerprint density at radius 1 is 0.800 bits per heavy atom. The summed E-state index contributed by atoms with van der Waals surface area (Å²) in [5.41, 5.74) is 0.236. The molecule has 0 heterocycles. The van der Waals surface area contributed by atoms with Crippen molar-refractivity contribution in [2.24, 2.45) is 10.2 Å². The lowest BCUT2D eigenvalue weighted by atomic mass is 10.2. The molecule has 2 aromatic rings. The zero-order valence-electron chi connectivity index (χ0n) is 10.6. The Labute approximate surface area is 113 Å². The summed E-state index contributed by atoms with van der Waals surface area (Å²) >= 11 is 0. The number of azo groups is 1. The van der Waals surface area contributed by atoms with E-state index in [0.717, 1.165) is 12.1 Å². The Kier molecular flexibility index (Phi) is 4.02. The first kappa shape index (κ1) is 14.0. The van der Waals surface area contributed by atoms with Gasteiger partial charge in [-0.25, -0.2) is 0 Å². The van der Waals surface area contributed by atoms with Crippen LogP contribution in [0.4, 0.5) is 24.5 Å². The summed E-state index contributed by atoms with van der Waals surface area (Å²) < 4.78 is 42.1. The summed E-state index contributed by atoms with van der Waals surface area (Å²) in [6.07, 6.45) is -4.34. The molecule has 6 heteroatoms. The fraction of sp³-hybridized carbons (Fsp3) is 0.143. The molecule has 0 bridgehead atoms. The van der Waals surface area contributed by atoms with Crippen molar-refractivity contribution in [3.05, 3.63) is 54.1 Å². The Morgan fingerprint density at radius 3 is 1.65 bits per heavy atom. The van der Waals surface area contributed by atoms with Crippen molar-refractivity contribution in [1.29, 1.82) is 0 Å². The summed E-state index contributed by atoms with van der Waals surface area (Å²) in [6.45, 7) is 0. The van der Waals surface area contributed by atoms with Crippen LogP contribution in [0.5, 0.6) is 5.75 Å². The van der Waals surface area contributed by atoms with Crippen LogP contribution in [0.25, 0.3) is 0 Å². The standard InChI is InChI=1S/C14H11F3N2O/c1-20-13-8-6-12(7-9-13)19-18-11-4-2-10(3-5-11)14(15,16)17/h2-9H,1H3. The number of hydrogen-bond acceptors (Lipinski definition) is 3. The van der Waals surface area contributed by atoms with Gasteiger partial charge in [0.1, 0.15) is 5.75 Å². The molecule has 0 aliphatic rings. The Balaban J connectivity index is 2.10. The molecule has 0 aliphatic carbocycles. The largest absolute Gasteiger partial charge is 0.497 e. The molecule has 3 nitrogen and oxygen atoms in total. The summed E-state index contributed by atoms with van der Waals surface area (Å²) in [5, 5.41) is 7.80. The van der Waals surface area contributed by atoms with Gasteiger partial charge in [-0.05, 0) is 48.5 Å². The average molecular weight is 280 g/mol. The van der Waals surface area contributed by atoms with Gasteiger partial charge < -0.3 is 4.74 Å². The van der Waals surface area contributed by atoms with E-state index in [4.69, 9.17) is 4.74 Å². The van der Waals surface area contributed by atoms with Gasteiger partial charge in [-0.2, -0.15) is 23.4 Å². The SMILES string of the molecule is COc1ccc(N=Nc2ccc(C(F)(F)F)cc2)cc1. The molecule has 0 saturated carbocycles. The number of rotatable bonds is 3. The third kappa shape index (κ3) is 3.57. The molecule has 104 valence electrons. The second kappa shape index (κ2) is 5.73. The quantitative estimate of drug-likeness (QED) is 0.717. The second-order valence-corrected chi connectivity index (χ2v) is 3.94. The maximum absolute atomic E-state index is 12.4. The normalized spacial score (nSPS) is 11.8. The smallest absolute Gasteiger partial charge is 0.416 e. The third-order valence-corrected chi connectivity index (χ3v) is 2.55.